The third-order valence-electron chi connectivity index (χ3n) is 11.9. The second kappa shape index (κ2) is 17.5. The molecule has 14 nitrogen and oxygen atoms in total. The summed E-state index contributed by atoms with van der Waals surface area (Å²) >= 11 is 0. The Kier molecular flexibility index (Phi) is 15.1. The minimum absolute atomic E-state index is 0.0177. The summed E-state index contributed by atoms with van der Waals surface area (Å²) in [5, 5.41) is 45.1. The molecule has 280 valence electrons. The Hall–Kier alpha value is -1.00. The van der Waals surface area contributed by atoms with Crippen molar-refractivity contribution in [3.63, 3.8) is 0 Å². The predicted octanol–water partition coefficient (Wildman–Crippen LogP) is -2.22. The van der Waals surface area contributed by atoms with Gasteiger partial charge in [0.1, 0.15) is 18.8 Å². The SMILES string of the molecule is C#CCOC[C@@H](C)C(O[C@@H]1C(N)C2[C@H](O)C(CN)OC21O)C(O)[C@@H](C)OC1C(O)[C@H](N)CC(N)[C@H]1C[C@@H](C)C(N)C(C)[C@H](C)C(C)CN. The number of aliphatic hydroxyl groups is 4. The van der Waals surface area contributed by atoms with Gasteiger partial charge in [-0.3, -0.25) is 0 Å². The van der Waals surface area contributed by atoms with Gasteiger partial charge in [-0.1, -0.05) is 40.5 Å². The average Bonchev–Trinajstić information content (AvgIpc) is 3.29. The second-order valence-electron chi connectivity index (χ2n) is 15.2. The molecule has 1 heterocycles. The van der Waals surface area contributed by atoms with Crippen molar-refractivity contribution in [3.8, 4) is 12.3 Å². The van der Waals surface area contributed by atoms with Gasteiger partial charge in [0.05, 0.1) is 49.1 Å². The molecule has 1 saturated heterocycles. The largest absolute Gasteiger partial charge is 0.390 e. The standard InChI is InChI=1S/C34H66N6O8/c1-8-9-45-14-17(4)31(47-33-27(40)25-30(43)24(13-36)48-34(25,33)44)28(41)20(7)46-32-21(22(37)11-23(38)29(32)42)10-15(2)26(39)19(6)18(5)16(3)12-35/h1,15-33,41-44H,9-14,35-40H2,2-7H3/t15-,16?,17-,18-,19?,20-,21-,22?,23-,24?,25?,26?,27?,28?,29?,30-,31?,32?,33-,34?/m1/s1. The second-order valence-corrected chi connectivity index (χ2v) is 15.2. The van der Waals surface area contributed by atoms with Gasteiger partial charge in [0.25, 0.3) is 0 Å². The molecule has 16 N–H and O–H groups in total. The van der Waals surface area contributed by atoms with E-state index in [0.29, 0.717) is 31.2 Å². The summed E-state index contributed by atoms with van der Waals surface area (Å²) in [6, 6.07) is -1.93. The van der Waals surface area contributed by atoms with Crippen molar-refractivity contribution in [2.24, 2.45) is 75.8 Å². The maximum Gasteiger partial charge on any atom is 0.201 e. The summed E-state index contributed by atoms with van der Waals surface area (Å²) in [6.45, 7) is 12.7. The van der Waals surface area contributed by atoms with E-state index in [9.17, 15) is 20.4 Å². The molecule has 12 unspecified atom stereocenters. The van der Waals surface area contributed by atoms with Crippen LogP contribution in [0.4, 0.5) is 0 Å². The number of hydrogen-bond donors (Lipinski definition) is 10. The normalized spacial score (nSPS) is 40.7. The Morgan fingerprint density at radius 3 is 2.17 bits per heavy atom. The number of nitrogens with two attached hydrogens (primary N) is 6. The zero-order chi connectivity index (χ0) is 36.2. The molecule has 0 spiro atoms. The van der Waals surface area contributed by atoms with Gasteiger partial charge in [-0.25, -0.2) is 0 Å². The zero-order valence-corrected chi connectivity index (χ0v) is 29.7. The first-order valence-electron chi connectivity index (χ1n) is 17.6. The Morgan fingerprint density at radius 1 is 0.938 bits per heavy atom. The summed E-state index contributed by atoms with van der Waals surface area (Å²) in [7, 11) is 0. The van der Waals surface area contributed by atoms with Crippen LogP contribution >= 0.6 is 0 Å². The molecular formula is C34H66N6O8. The lowest BCUT2D eigenvalue weighted by molar-refractivity contribution is -0.348. The van der Waals surface area contributed by atoms with Gasteiger partial charge in [-0.05, 0) is 50.0 Å². The molecule has 2 aliphatic carbocycles. The molecule has 3 fully saturated rings. The van der Waals surface area contributed by atoms with Crippen LogP contribution in [0.2, 0.25) is 0 Å². The lowest BCUT2D eigenvalue weighted by Crippen LogP contribution is -2.75. The highest BCUT2D eigenvalue weighted by Crippen LogP contribution is 2.50. The number of fused-ring (bicyclic) bond motifs is 1. The topological polar surface area (TPSA) is 274 Å². The summed E-state index contributed by atoms with van der Waals surface area (Å²) in [6.07, 6.45) is -1.63. The fourth-order valence-corrected chi connectivity index (χ4v) is 8.11. The van der Waals surface area contributed by atoms with Crippen molar-refractivity contribution in [2.45, 2.75) is 133 Å². The Bertz CT molecular complexity index is 1040. The third kappa shape index (κ3) is 8.54. The smallest absolute Gasteiger partial charge is 0.201 e. The van der Waals surface area contributed by atoms with Crippen LogP contribution in [0, 0.1) is 53.8 Å². The molecule has 0 aromatic rings. The van der Waals surface area contributed by atoms with Crippen LogP contribution < -0.4 is 34.4 Å². The van der Waals surface area contributed by atoms with Gasteiger partial charge < -0.3 is 73.8 Å². The minimum atomic E-state index is -1.89. The molecule has 1 aliphatic heterocycles. The van der Waals surface area contributed by atoms with E-state index in [1.165, 1.54) is 0 Å². The molecule has 48 heavy (non-hydrogen) atoms. The number of terminal acetylenes is 1. The van der Waals surface area contributed by atoms with Gasteiger partial charge in [-0.2, -0.15) is 0 Å². The predicted molar refractivity (Wildman–Crippen MR) is 183 cm³/mol. The molecule has 0 aromatic heterocycles. The monoisotopic (exact) mass is 686 g/mol. The van der Waals surface area contributed by atoms with E-state index in [1.54, 1.807) is 13.8 Å². The van der Waals surface area contributed by atoms with Gasteiger partial charge in [0.2, 0.25) is 5.79 Å². The first-order valence-corrected chi connectivity index (χ1v) is 17.6. The molecule has 3 rings (SSSR count). The molecule has 0 radical (unpaired) electrons. The zero-order valence-electron chi connectivity index (χ0n) is 29.7. The van der Waals surface area contributed by atoms with Crippen molar-refractivity contribution in [1.29, 1.82) is 0 Å². The van der Waals surface area contributed by atoms with E-state index in [-0.39, 0.29) is 49.6 Å². The highest BCUT2D eigenvalue weighted by atomic mass is 16.7. The van der Waals surface area contributed by atoms with Crippen molar-refractivity contribution in [3.05, 3.63) is 0 Å². The van der Waals surface area contributed by atoms with E-state index in [1.807, 2.05) is 0 Å². The van der Waals surface area contributed by atoms with Crippen molar-refractivity contribution in [1.82, 2.24) is 0 Å². The van der Waals surface area contributed by atoms with E-state index >= 15 is 0 Å². The van der Waals surface area contributed by atoms with Gasteiger partial charge in [0, 0.05) is 42.5 Å². The molecule has 14 heteroatoms. The number of hydrogen-bond acceptors (Lipinski definition) is 14. The maximum absolute atomic E-state index is 11.8. The van der Waals surface area contributed by atoms with E-state index in [4.69, 9.17) is 59.8 Å². The molecule has 0 bridgehead atoms. The molecule has 3 aliphatic rings. The highest BCUT2D eigenvalue weighted by molar-refractivity contribution is 5.17. The third-order valence-corrected chi connectivity index (χ3v) is 11.9. The minimum Gasteiger partial charge on any atom is -0.390 e. The summed E-state index contributed by atoms with van der Waals surface area (Å²) in [4.78, 5) is 0. The summed E-state index contributed by atoms with van der Waals surface area (Å²) < 4.78 is 24.1. The Balaban J connectivity index is 1.81. The summed E-state index contributed by atoms with van der Waals surface area (Å²) in [5.41, 5.74) is 37.9. The summed E-state index contributed by atoms with van der Waals surface area (Å²) in [5.74, 6) is -0.184. The number of aliphatic hydroxyl groups excluding tert-OH is 3. The molecule has 20 atom stereocenters. The first kappa shape index (κ1) is 41.4. The Labute approximate surface area is 286 Å². The van der Waals surface area contributed by atoms with Crippen LogP contribution in [0.5, 0.6) is 0 Å². The first-order chi connectivity index (χ1) is 22.5. The van der Waals surface area contributed by atoms with E-state index < -0.39 is 78.5 Å². The lowest BCUT2D eigenvalue weighted by atomic mass is 9.68. The maximum atomic E-state index is 11.8. The van der Waals surface area contributed by atoms with Crippen LogP contribution in [0.3, 0.4) is 0 Å². The highest BCUT2D eigenvalue weighted by Gasteiger charge is 2.71. The lowest BCUT2D eigenvalue weighted by Gasteiger charge is -2.53. The van der Waals surface area contributed by atoms with Gasteiger partial charge in [0.15, 0.2) is 0 Å². The Morgan fingerprint density at radius 2 is 1.58 bits per heavy atom. The number of ether oxygens (including phenoxy) is 4. The molecular weight excluding hydrogens is 620 g/mol. The van der Waals surface area contributed by atoms with Crippen LogP contribution in [-0.2, 0) is 18.9 Å². The molecule has 0 aromatic carbocycles. The average molecular weight is 687 g/mol. The fraction of sp³-hybridized carbons (Fsp3) is 0.941. The van der Waals surface area contributed by atoms with Crippen LogP contribution in [0.1, 0.15) is 54.4 Å². The van der Waals surface area contributed by atoms with E-state index in [0.717, 1.165) is 0 Å². The van der Waals surface area contributed by atoms with E-state index in [2.05, 4.69) is 33.6 Å². The molecule has 0 amide bonds. The van der Waals surface area contributed by atoms with Gasteiger partial charge in [-0.15, -0.1) is 6.42 Å². The van der Waals surface area contributed by atoms with Crippen molar-refractivity contribution >= 4 is 0 Å². The van der Waals surface area contributed by atoms with Crippen molar-refractivity contribution < 1.29 is 39.4 Å². The fourth-order valence-electron chi connectivity index (χ4n) is 8.11. The van der Waals surface area contributed by atoms with Crippen LogP contribution in [0.15, 0.2) is 0 Å². The molecule has 2 saturated carbocycles. The quantitative estimate of drug-likeness (QED) is 0.0541. The number of rotatable bonds is 18. The van der Waals surface area contributed by atoms with Gasteiger partial charge >= 0.3 is 0 Å². The van der Waals surface area contributed by atoms with Crippen LogP contribution in [0.25, 0.3) is 0 Å². The van der Waals surface area contributed by atoms with Crippen molar-refractivity contribution in [2.75, 3.05) is 26.3 Å². The van der Waals surface area contributed by atoms with Crippen LogP contribution in [-0.4, -0.2) is 126 Å².